The van der Waals surface area contributed by atoms with Crippen molar-refractivity contribution in [2.45, 2.75) is 39.7 Å². The van der Waals surface area contributed by atoms with Gasteiger partial charge >= 0.3 is 0 Å². The molecule has 0 saturated heterocycles. The van der Waals surface area contributed by atoms with E-state index in [-0.39, 0.29) is 11.8 Å². The smallest absolute Gasteiger partial charge is 0.220 e. The van der Waals surface area contributed by atoms with E-state index in [0.29, 0.717) is 19.0 Å². The van der Waals surface area contributed by atoms with Gasteiger partial charge in [0.2, 0.25) is 5.91 Å². The zero-order valence-electron chi connectivity index (χ0n) is 9.84. The van der Waals surface area contributed by atoms with Crippen molar-refractivity contribution in [1.29, 1.82) is 5.26 Å². The second-order valence-corrected chi connectivity index (χ2v) is 4.05. The van der Waals surface area contributed by atoms with E-state index in [1.165, 1.54) is 0 Å². The van der Waals surface area contributed by atoms with Crippen LogP contribution < -0.4 is 10.6 Å². The first-order valence-corrected chi connectivity index (χ1v) is 5.46. The van der Waals surface area contributed by atoms with Crippen molar-refractivity contribution in [2.75, 3.05) is 13.1 Å². The highest BCUT2D eigenvalue weighted by molar-refractivity contribution is 5.75. The van der Waals surface area contributed by atoms with Crippen LogP contribution in [-0.2, 0) is 4.79 Å². The first kappa shape index (κ1) is 13.9. The Hall–Kier alpha value is -1.08. The lowest BCUT2D eigenvalue weighted by molar-refractivity contribution is -0.121. The molecular formula is C11H21N3O. The lowest BCUT2D eigenvalue weighted by Gasteiger charge is -2.08. The molecule has 0 aromatic heterocycles. The van der Waals surface area contributed by atoms with E-state index in [0.717, 1.165) is 13.0 Å². The number of carbonyl (C=O) groups excluding carboxylic acids is 1. The molecule has 1 amide bonds. The SMILES string of the molecule is CC(C#N)CNC(=O)CCCNC(C)C. The Morgan fingerprint density at radius 3 is 2.60 bits per heavy atom. The molecule has 0 fully saturated rings. The zero-order valence-corrected chi connectivity index (χ0v) is 9.84. The molecule has 0 rings (SSSR count). The van der Waals surface area contributed by atoms with E-state index in [1.54, 1.807) is 6.92 Å². The number of rotatable bonds is 7. The lowest BCUT2D eigenvalue weighted by Crippen LogP contribution is -2.29. The Morgan fingerprint density at radius 1 is 1.40 bits per heavy atom. The monoisotopic (exact) mass is 211 g/mol. The van der Waals surface area contributed by atoms with Crippen molar-refractivity contribution < 1.29 is 4.79 Å². The van der Waals surface area contributed by atoms with Crippen LogP contribution in [-0.4, -0.2) is 25.0 Å². The first-order valence-electron chi connectivity index (χ1n) is 5.46. The van der Waals surface area contributed by atoms with E-state index in [4.69, 9.17) is 5.26 Å². The second kappa shape index (κ2) is 8.25. The highest BCUT2D eigenvalue weighted by Gasteiger charge is 2.03. The fourth-order valence-corrected chi connectivity index (χ4v) is 1.04. The maximum Gasteiger partial charge on any atom is 0.220 e. The highest BCUT2D eigenvalue weighted by Crippen LogP contribution is 1.91. The fourth-order valence-electron chi connectivity index (χ4n) is 1.04. The maximum atomic E-state index is 11.3. The predicted molar refractivity (Wildman–Crippen MR) is 60.2 cm³/mol. The minimum atomic E-state index is -0.109. The van der Waals surface area contributed by atoms with Crippen LogP contribution in [0.4, 0.5) is 0 Å². The summed E-state index contributed by atoms with van der Waals surface area (Å²) in [4.78, 5) is 11.3. The standard InChI is InChI=1S/C11H21N3O/c1-9(2)13-6-4-5-11(15)14-8-10(3)7-12/h9-10,13H,4-6,8H2,1-3H3,(H,14,15). The molecule has 0 aliphatic rings. The van der Waals surface area contributed by atoms with Crippen LogP contribution >= 0.6 is 0 Å². The van der Waals surface area contributed by atoms with Gasteiger partial charge in [-0.3, -0.25) is 4.79 Å². The molecule has 0 radical (unpaired) electrons. The third kappa shape index (κ3) is 9.23. The molecule has 0 heterocycles. The van der Waals surface area contributed by atoms with E-state index >= 15 is 0 Å². The Balaban J connectivity index is 3.38. The largest absolute Gasteiger partial charge is 0.355 e. The van der Waals surface area contributed by atoms with E-state index in [9.17, 15) is 4.79 Å². The van der Waals surface area contributed by atoms with Crippen molar-refractivity contribution in [3.8, 4) is 6.07 Å². The number of amides is 1. The predicted octanol–water partition coefficient (Wildman–Crippen LogP) is 1.04. The van der Waals surface area contributed by atoms with Gasteiger partial charge in [0.25, 0.3) is 0 Å². The van der Waals surface area contributed by atoms with Gasteiger partial charge in [0.05, 0.1) is 12.0 Å². The number of nitrogens with one attached hydrogen (secondary N) is 2. The number of hydrogen-bond donors (Lipinski definition) is 2. The number of carbonyl (C=O) groups is 1. The van der Waals surface area contributed by atoms with Crippen LogP contribution in [0.2, 0.25) is 0 Å². The molecule has 86 valence electrons. The van der Waals surface area contributed by atoms with Gasteiger partial charge < -0.3 is 10.6 Å². The molecular weight excluding hydrogens is 190 g/mol. The molecule has 0 aliphatic carbocycles. The summed E-state index contributed by atoms with van der Waals surface area (Å²) in [6, 6.07) is 2.54. The molecule has 1 unspecified atom stereocenters. The third-order valence-electron chi connectivity index (χ3n) is 1.96. The van der Waals surface area contributed by atoms with Crippen LogP contribution in [0, 0.1) is 17.2 Å². The van der Waals surface area contributed by atoms with Crippen LogP contribution in [0.15, 0.2) is 0 Å². The molecule has 4 heteroatoms. The summed E-state index contributed by atoms with van der Waals surface area (Å²) in [6.07, 6.45) is 1.36. The quantitative estimate of drug-likeness (QED) is 0.618. The minimum Gasteiger partial charge on any atom is -0.355 e. The molecule has 0 saturated carbocycles. The average molecular weight is 211 g/mol. The van der Waals surface area contributed by atoms with Gasteiger partial charge in [0, 0.05) is 19.0 Å². The van der Waals surface area contributed by atoms with Crippen molar-refractivity contribution in [3.05, 3.63) is 0 Å². The zero-order chi connectivity index (χ0) is 11.7. The third-order valence-corrected chi connectivity index (χ3v) is 1.96. The number of nitrogens with zero attached hydrogens (tertiary/aromatic N) is 1. The van der Waals surface area contributed by atoms with Gasteiger partial charge in [0.1, 0.15) is 0 Å². The van der Waals surface area contributed by atoms with E-state index < -0.39 is 0 Å². The van der Waals surface area contributed by atoms with E-state index in [2.05, 4.69) is 30.6 Å². The fraction of sp³-hybridized carbons (Fsp3) is 0.818. The Bertz CT molecular complexity index is 220. The molecule has 0 aromatic rings. The van der Waals surface area contributed by atoms with Crippen LogP contribution in [0.5, 0.6) is 0 Å². The molecule has 15 heavy (non-hydrogen) atoms. The second-order valence-electron chi connectivity index (χ2n) is 4.05. The Morgan fingerprint density at radius 2 is 2.07 bits per heavy atom. The maximum absolute atomic E-state index is 11.3. The molecule has 0 bridgehead atoms. The first-order chi connectivity index (χ1) is 7.06. The molecule has 1 atom stereocenters. The molecule has 0 spiro atoms. The van der Waals surface area contributed by atoms with Gasteiger partial charge in [-0.25, -0.2) is 0 Å². The van der Waals surface area contributed by atoms with Gasteiger partial charge in [-0.1, -0.05) is 13.8 Å². The number of nitriles is 1. The molecule has 4 nitrogen and oxygen atoms in total. The molecule has 0 aliphatic heterocycles. The summed E-state index contributed by atoms with van der Waals surface area (Å²) in [6.45, 7) is 7.26. The number of hydrogen-bond acceptors (Lipinski definition) is 3. The summed E-state index contributed by atoms with van der Waals surface area (Å²) in [5.41, 5.74) is 0. The summed E-state index contributed by atoms with van der Waals surface area (Å²) < 4.78 is 0. The minimum absolute atomic E-state index is 0.0302. The van der Waals surface area contributed by atoms with Gasteiger partial charge in [0.15, 0.2) is 0 Å². The van der Waals surface area contributed by atoms with Crippen molar-refractivity contribution in [1.82, 2.24) is 10.6 Å². The highest BCUT2D eigenvalue weighted by atomic mass is 16.1. The van der Waals surface area contributed by atoms with Gasteiger partial charge in [-0.05, 0) is 19.9 Å². The summed E-state index contributed by atoms with van der Waals surface area (Å²) in [5.74, 6) is -0.0783. The lowest BCUT2D eigenvalue weighted by atomic mass is 10.2. The normalized spacial score (nSPS) is 12.2. The summed E-state index contributed by atoms with van der Waals surface area (Å²) in [5, 5.41) is 14.5. The van der Waals surface area contributed by atoms with Crippen molar-refractivity contribution in [2.24, 2.45) is 5.92 Å². The topological polar surface area (TPSA) is 64.9 Å². The average Bonchev–Trinajstić information content (AvgIpc) is 2.20. The van der Waals surface area contributed by atoms with Crippen LogP contribution in [0.3, 0.4) is 0 Å². The van der Waals surface area contributed by atoms with Crippen molar-refractivity contribution >= 4 is 5.91 Å². The van der Waals surface area contributed by atoms with E-state index in [1.807, 2.05) is 0 Å². The van der Waals surface area contributed by atoms with Crippen molar-refractivity contribution in [3.63, 3.8) is 0 Å². The van der Waals surface area contributed by atoms with Crippen LogP contribution in [0.1, 0.15) is 33.6 Å². The molecule has 2 N–H and O–H groups in total. The summed E-state index contributed by atoms with van der Waals surface area (Å²) in [7, 11) is 0. The van der Waals surface area contributed by atoms with Crippen LogP contribution in [0.25, 0.3) is 0 Å². The Kier molecular flexibility index (Phi) is 7.65. The van der Waals surface area contributed by atoms with Gasteiger partial charge in [-0.15, -0.1) is 0 Å². The Labute approximate surface area is 92.0 Å². The summed E-state index contributed by atoms with van der Waals surface area (Å²) >= 11 is 0. The van der Waals surface area contributed by atoms with Gasteiger partial charge in [-0.2, -0.15) is 5.26 Å². The molecule has 0 aromatic carbocycles.